The Morgan fingerprint density at radius 1 is 0.680 bits per heavy atom. The molecule has 136 valence electrons. The molecule has 3 nitrogen and oxygen atoms in total. The van der Waals surface area contributed by atoms with Crippen molar-refractivity contribution < 1.29 is 25.7 Å². The molecule has 2 aromatic heterocycles. The van der Waals surface area contributed by atoms with Gasteiger partial charge in [0, 0.05) is 44.2 Å². The molecule has 0 aliphatic rings. The minimum Gasteiger partial charge on any atom is -0.254 e. The van der Waals surface area contributed by atoms with E-state index in [1.54, 1.807) is 12.4 Å². The second-order valence-corrected chi connectivity index (χ2v) is 29.1. The molecule has 0 N–H and O–H groups in total. The Morgan fingerprint density at radius 3 is 1.24 bits per heavy atom. The Hall–Kier alpha value is 1.81. The van der Waals surface area contributed by atoms with Crippen molar-refractivity contribution in [3.8, 4) is 0 Å². The van der Waals surface area contributed by atoms with Crippen molar-refractivity contribution in [1.29, 1.82) is 0 Å². The Kier molecular flexibility index (Phi) is 20.7. The molecule has 3 rings (SSSR count). The fraction of sp³-hybridized carbons (Fsp3) is 0. The van der Waals surface area contributed by atoms with Gasteiger partial charge in [-0.05, 0) is 12.1 Å². The standard InChI is InChI=1S/C12H8N2.CO.6ClH.Pt.2Sn/c1-3-9-5-6-10-4-2-8-14-12(10)11(9)13-7-1;1-2;;;;;;;;;/h1-8H;;6*1H;;;/q;;;;;;;;;2*+3/p-6. The second kappa shape index (κ2) is 17.9. The number of fused-ring (bicyclic) bond motifs is 3. The van der Waals surface area contributed by atoms with Crippen LogP contribution < -0.4 is 0 Å². The van der Waals surface area contributed by atoms with Crippen molar-refractivity contribution in [2.75, 3.05) is 0 Å². The van der Waals surface area contributed by atoms with Gasteiger partial charge in [0.15, 0.2) is 0 Å². The monoisotopic (exact) mass is 853 g/mol. The van der Waals surface area contributed by atoms with E-state index in [-0.39, 0.29) is 21.1 Å². The van der Waals surface area contributed by atoms with Crippen LogP contribution in [0.4, 0.5) is 0 Å². The number of benzene rings is 1. The predicted octanol–water partition coefficient (Wildman–Crippen LogP) is 6.12. The van der Waals surface area contributed by atoms with Crippen molar-refractivity contribution >= 4 is 108 Å². The summed E-state index contributed by atoms with van der Waals surface area (Å²) in [6, 6.07) is 12.1. The van der Waals surface area contributed by atoms with Crippen LogP contribution in [0.5, 0.6) is 0 Å². The molecule has 1 aromatic carbocycles. The molecule has 0 fully saturated rings. The predicted molar refractivity (Wildman–Crippen MR) is 108 cm³/mol. The molecule has 0 spiro atoms. The number of hydrogen-bond donors (Lipinski definition) is 0. The number of aromatic nitrogens is 2. The minimum atomic E-state index is -2.13. The average molecular weight is 853 g/mol. The van der Waals surface area contributed by atoms with Gasteiger partial charge in [-0.1, -0.05) is 24.3 Å². The van der Waals surface area contributed by atoms with Gasteiger partial charge in [0.2, 0.25) is 0 Å². The minimum absolute atomic E-state index is 0. The van der Waals surface area contributed by atoms with Crippen molar-refractivity contribution in [3.05, 3.63) is 55.4 Å². The summed E-state index contributed by atoms with van der Waals surface area (Å²) in [6.45, 7) is 4.50. The average Bonchev–Trinajstić information content (AvgIpc) is 2.56. The first-order chi connectivity index (χ1) is 11.4. The van der Waals surface area contributed by atoms with E-state index in [1.165, 1.54) is 0 Å². The zero-order chi connectivity index (χ0) is 18.5. The third-order valence-electron chi connectivity index (χ3n) is 2.34. The first-order valence-corrected chi connectivity index (χ1v) is 27.6. The van der Waals surface area contributed by atoms with Gasteiger partial charge in [-0.2, -0.15) is 0 Å². The van der Waals surface area contributed by atoms with Gasteiger partial charge in [-0.3, -0.25) is 9.97 Å². The van der Waals surface area contributed by atoms with Crippen molar-refractivity contribution in [2.45, 2.75) is 0 Å². The van der Waals surface area contributed by atoms with E-state index in [1.807, 2.05) is 12.1 Å². The number of halogens is 6. The van der Waals surface area contributed by atoms with Crippen molar-refractivity contribution in [2.24, 2.45) is 0 Å². The van der Waals surface area contributed by atoms with Crippen molar-refractivity contribution in [1.82, 2.24) is 9.97 Å². The molecule has 0 saturated carbocycles. The fourth-order valence-electron chi connectivity index (χ4n) is 1.68. The van der Waals surface area contributed by atoms with Gasteiger partial charge in [-0.25, -0.2) is 0 Å². The Balaban J connectivity index is 0. The smallest absolute Gasteiger partial charge is 0.0964 e. The summed E-state index contributed by atoms with van der Waals surface area (Å²) in [5.41, 5.74) is 1.95. The van der Waals surface area contributed by atoms with Crippen LogP contribution in [0.15, 0.2) is 48.8 Å². The molecule has 0 aliphatic carbocycles. The van der Waals surface area contributed by atoms with Gasteiger partial charge in [0.1, 0.15) is 0 Å². The summed E-state index contributed by atoms with van der Waals surface area (Å²) in [4.78, 5) is 8.69. The zero-order valence-corrected chi connectivity index (χ0v) is 24.5. The first-order valence-electron chi connectivity index (χ1n) is 5.87. The van der Waals surface area contributed by atoms with Gasteiger partial charge in [0.25, 0.3) is 0 Å². The van der Waals surface area contributed by atoms with Crippen LogP contribution in [-0.2, 0) is 25.7 Å². The van der Waals surface area contributed by atoms with Crippen LogP contribution >= 0.6 is 53.5 Å². The van der Waals surface area contributed by atoms with Gasteiger partial charge < -0.3 is 0 Å². The molecule has 12 heteroatoms. The molecule has 0 bridgehead atoms. The number of nitrogens with zero attached hydrogens (tertiary/aromatic N) is 2. The Morgan fingerprint density at radius 2 is 0.960 bits per heavy atom. The second-order valence-electron chi connectivity index (χ2n) is 3.64. The molecule has 3 aromatic rings. The first kappa shape index (κ1) is 29.0. The normalized spacial score (nSPS) is 9.04. The quantitative estimate of drug-likeness (QED) is 0.119. The van der Waals surface area contributed by atoms with Crippen LogP contribution in [0.2, 0.25) is 0 Å². The molecule has 2 radical (unpaired) electrons. The zero-order valence-electron chi connectivity index (χ0n) is 12.0. The molecule has 2 heterocycles. The van der Waals surface area contributed by atoms with Crippen LogP contribution in [0.3, 0.4) is 0 Å². The number of rotatable bonds is 0. The molecule has 0 atom stereocenters. The fourth-order valence-corrected chi connectivity index (χ4v) is 1.68. The van der Waals surface area contributed by atoms with E-state index >= 15 is 0 Å². The van der Waals surface area contributed by atoms with E-state index in [2.05, 4.69) is 40.9 Å². The van der Waals surface area contributed by atoms with Gasteiger partial charge in [-0.15, -0.1) is 0 Å². The molecule has 0 saturated heterocycles. The summed E-state index contributed by atoms with van der Waals surface area (Å²) in [5, 5.41) is 2.28. The largest absolute Gasteiger partial charge is 0.254 e. The molecule has 0 amide bonds. The Labute approximate surface area is 196 Å². The maximum atomic E-state index is 7.50. The van der Waals surface area contributed by atoms with E-state index in [9.17, 15) is 0 Å². The SMILES string of the molecule is [C-]#[O+].[Cl][Sn]([Cl])[Cl].[Cl][Sn]([Cl])[Cl].[Pt].c1cnc2c(c1)ccc1cccnc12. The summed E-state index contributed by atoms with van der Waals surface area (Å²) in [5.74, 6) is 0. The molecule has 25 heavy (non-hydrogen) atoms. The summed E-state index contributed by atoms with van der Waals surface area (Å²) in [7, 11) is 30.0. The van der Waals surface area contributed by atoms with E-state index in [4.69, 9.17) is 58.2 Å². The van der Waals surface area contributed by atoms with E-state index in [0.717, 1.165) is 21.8 Å². The molecule has 0 aliphatic heterocycles. The third-order valence-corrected chi connectivity index (χ3v) is 2.34. The third kappa shape index (κ3) is 13.6. The maximum Gasteiger partial charge on any atom is 0.0964 e. The van der Waals surface area contributed by atoms with Crippen LogP contribution in [0.25, 0.3) is 21.8 Å². The van der Waals surface area contributed by atoms with E-state index < -0.39 is 32.8 Å². The van der Waals surface area contributed by atoms with Gasteiger partial charge in [0.05, 0.1) is 11.0 Å². The molecule has 0 unspecified atom stereocenters. The number of pyridine rings is 2. The van der Waals surface area contributed by atoms with Crippen molar-refractivity contribution in [3.63, 3.8) is 0 Å². The summed E-state index contributed by atoms with van der Waals surface area (Å²) < 4.78 is 7.50. The molecular weight excluding hydrogens is 845 g/mol. The van der Waals surface area contributed by atoms with E-state index in [0.29, 0.717) is 0 Å². The van der Waals surface area contributed by atoms with Crippen LogP contribution in [-0.4, -0.2) is 42.7 Å². The summed E-state index contributed by atoms with van der Waals surface area (Å²) in [6.07, 6.45) is 3.60. The topological polar surface area (TPSA) is 45.7 Å². The Bertz CT molecular complexity index is 699. The van der Waals surface area contributed by atoms with Crippen LogP contribution in [0, 0.1) is 6.65 Å². The maximum absolute atomic E-state index is 7.50. The van der Waals surface area contributed by atoms with Gasteiger partial charge >= 0.3 is 97.6 Å². The molecular formula is C13H8Cl6N2OPtSn2. The summed E-state index contributed by atoms with van der Waals surface area (Å²) >= 11 is -4.25. The number of hydrogen-bond acceptors (Lipinski definition) is 2. The van der Waals surface area contributed by atoms with Crippen LogP contribution in [0.1, 0.15) is 0 Å².